The second-order valence-electron chi connectivity index (χ2n) is 3.19. The van der Waals surface area contributed by atoms with Crippen molar-refractivity contribution in [1.82, 2.24) is 9.59 Å². The molecule has 0 aromatic carbocycles. The van der Waals surface area contributed by atoms with E-state index in [-0.39, 0.29) is 5.78 Å². The highest BCUT2D eigenvalue weighted by atomic mass is 32.1. The molecule has 0 fully saturated rings. The van der Waals surface area contributed by atoms with Gasteiger partial charge in [-0.15, -0.1) is 16.4 Å². The van der Waals surface area contributed by atoms with Crippen LogP contribution in [0.2, 0.25) is 0 Å². The van der Waals surface area contributed by atoms with Gasteiger partial charge in [0.15, 0.2) is 5.78 Å². The Morgan fingerprint density at radius 1 is 1.53 bits per heavy atom. The summed E-state index contributed by atoms with van der Waals surface area (Å²) >= 11 is 2.87. The van der Waals surface area contributed by atoms with E-state index in [0.29, 0.717) is 11.3 Å². The van der Waals surface area contributed by atoms with Crippen molar-refractivity contribution < 1.29 is 4.79 Å². The third-order valence-electron chi connectivity index (χ3n) is 2.08. The van der Waals surface area contributed by atoms with Gasteiger partial charge in [-0.3, -0.25) is 4.79 Å². The lowest BCUT2D eigenvalue weighted by atomic mass is 10.1. The first-order chi connectivity index (χ1) is 7.27. The normalized spacial score (nSPS) is 10.5. The Kier molecular flexibility index (Phi) is 3.23. The molecule has 0 amide bonds. The highest BCUT2D eigenvalue weighted by molar-refractivity contribution is 7.10. The van der Waals surface area contributed by atoms with Crippen molar-refractivity contribution in [1.29, 1.82) is 0 Å². The lowest BCUT2D eigenvalue weighted by Crippen LogP contribution is -1.99. The molecular formula is C10H10N2OS2. The van der Waals surface area contributed by atoms with Gasteiger partial charge in [-0.05, 0) is 36.3 Å². The quantitative estimate of drug-likeness (QED) is 0.769. The predicted molar refractivity (Wildman–Crippen MR) is 61.6 cm³/mol. The standard InChI is InChI=1S/C10H10N2OS2/c1-7-10(15-12-11-7)9(13)5-4-8-3-2-6-14-8/h2-3,6H,4-5H2,1H3. The van der Waals surface area contributed by atoms with Crippen LogP contribution in [0.5, 0.6) is 0 Å². The monoisotopic (exact) mass is 238 g/mol. The summed E-state index contributed by atoms with van der Waals surface area (Å²) in [5.74, 6) is 0.149. The summed E-state index contributed by atoms with van der Waals surface area (Å²) < 4.78 is 3.76. The second kappa shape index (κ2) is 4.63. The van der Waals surface area contributed by atoms with Gasteiger partial charge >= 0.3 is 0 Å². The van der Waals surface area contributed by atoms with Crippen LogP contribution in [-0.2, 0) is 6.42 Å². The van der Waals surface area contributed by atoms with E-state index in [4.69, 9.17) is 0 Å². The van der Waals surface area contributed by atoms with Crippen molar-refractivity contribution in [2.75, 3.05) is 0 Å². The van der Waals surface area contributed by atoms with Gasteiger partial charge in [0.25, 0.3) is 0 Å². The molecule has 0 atom stereocenters. The van der Waals surface area contributed by atoms with E-state index in [1.807, 2.05) is 18.4 Å². The maximum Gasteiger partial charge on any atom is 0.176 e. The molecule has 2 aromatic rings. The lowest BCUT2D eigenvalue weighted by Gasteiger charge is -1.96. The molecule has 2 aromatic heterocycles. The number of carbonyl (C=O) groups excluding carboxylic acids is 1. The first kappa shape index (κ1) is 10.4. The number of hydrogen-bond acceptors (Lipinski definition) is 5. The number of rotatable bonds is 4. The molecule has 0 unspecified atom stereocenters. The number of thiophene rings is 1. The largest absolute Gasteiger partial charge is 0.293 e. The van der Waals surface area contributed by atoms with Gasteiger partial charge < -0.3 is 0 Å². The molecule has 0 saturated heterocycles. The Hall–Kier alpha value is -1.07. The topological polar surface area (TPSA) is 42.9 Å². The minimum Gasteiger partial charge on any atom is -0.293 e. The molecular weight excluding hydrogens is 228 g/mol. The lowest BCUT2D eigenvalue weighted by molar-refractivity contribution is 0.0986. The Balaban J connectivity index is 1.96. The van der Waals surface area contributed by atoms with Crippen molar-refractivity contribution in [3.05, 3.63) is 33.0 Å². The number of aryl methyl sites for hydroxylation is 2. The molecule has 0 aliphatic carbocycles. The maximum absolute atomic E-state index is 11.8. The van der Waals surface area contributed by atoms with Gasteiger partial charge in [-0.25, -0.2) is 0 Å². The Morgan fingerprint density at radius 2 is 2.40 bits per heavy atom. The summed E-state index contributed by atoms with van der Waals surface area (Å²) in [6, 6.07) is 4.06. The van der Waals surface area contributed by atoms with E-state index in [0.717, 1.165) is 12.1 Å². The van der Waals surface area contributed by atoms with Gasteiger partial charge in [0, 0.05) is 11.3 Å². The van der Waals surface area contributed by atoms with Crippen LogP contribution in [0, 0.1) is 6.92 Å². The predicted octanol–water partition coefficient (Wildman–Crippen LogP) is 2.72. The molecule has 0 aliphatic heterocycles. The van der Waals surface area contributed by atoms with Crippen LogP contribution in [0.3, 0.4) is 0 Å². The summed E-state index contributed by atoms with van der Waals surface area (Å²) in [4.78, 5) is 13.7. The molecule has 0 N–H and O–H groups in total. The summed E-state index contributed by atoms with van der Waals surface area (Å²) in [5.41, 5.74) is 0.746. The van der Waals surface area contributed by atoms with E-state index >= 15 is 0 Å². The van der Waals surface area contributed by atoms with Gasteiger partial charge in [0.1, 0.15) is 4.88 Å². The van der Waals surface area contributed by atoms with Gasteiger partial charge in [0.05, 0.1) is 5.69 Å². The highest BCUT2D eigenvalue weighted by Crippen LogP contribution is 2.16. The summed E-state index contributed by atoms with van der Waals surface area (Å²) in [5, 5.41) is 5.86. The van der Waals surface area contributed by atoms with Crippen molar-refractivity contribution >= 4 is 28.7 Å². The Morgan fingerprint density at radius 3 is 3.00 bits per heavy atom. The van der Waals surface area contributed by atoms with Crippen molar-refractivity contribution in [3.63, 3.8) is 0 Å². The van der Waals surface area contributed by atoms with E-state index in [9.17, 15) is 4.79 Å². The SMILES string of the molecule is Cc1nnsc1C(=O)CCc1cccs1. The van der Waals surface area contributed by atoms with Crippen LogP contribution >= 0.6 is 22.9 Å². The van der Waals surface area contributed by atoms with Gasteiger partial charge in [0.2, 0.25) is 0 Å². The molecule has 0 radical (unpaired) electrons. The minimum absolute atomic E-state index is 0.149. The zero-order valence-electron chi connectivity index (χ0n) is 8.27. The Bertz CT molecular complexity index is 448. The third kappa shape index (κ3) is 2.49. The average molecular weight is 238 g/mol. The molecule has 0 aliphatic rings. The van der Waals surface area contributed by atoms with Crippen LogP contribution in [0.4, 0.5) is 0 Å². The average Bonchev–Trinajstić information content (AvgIpc) is 2.84. The van der Waals surface area contributed by atoms with E-state index in [1.54, 1.807) is 11.3 Å². The third-order valence-corrected chi connectivity index (χ3v) is 3.89. The van der Waals surface area contributed by atoms with E-state index < -0.39 is 0 Å². The number of carbonyl (C=O) groups is 1. The van der Waals surface area contributed by atoms with Gasteiger partial charge in [-0.1, -0.05) is 10.6 Å². The summed E-state index contributed by atoms with van der Waals surface area (Å²) in [6.07, 6.45) is 1.36. The number of aromatic nitrogens is 2. The molecule has 2 rings (SSSR count). The molecule has 5 heteroatoms. The van der Waals surface area contributed by atoms with Crippen molar-refractivity contribution in [2.24, 2.45) is 0 Å². The van der Waals surface area contributed by atoms with E-state index in [2.05, 4.69) is 15.7 Å². The number of ketones is 1. The minimum atomic E-state index is 0.149. The molecule has 78 valence electrons. The molecule has 3 nitrogen and oxygen atoms in total. The van der Waals surface area contributed by atoms with Crippen LogP contribution in [-0.4, -0.2) is 15.4 Å². The molecule has 0 saturated carbocycles. The van der Waals surface area contributed by atoms with Crippen molar-refractivity contribution in [2.45, 2.75) is 19.8 Å². The maximum atomic E-state index is 11.8. The fourth-order valence-electron chi connectivity index (χ4n) is 1.29. The first-order valence-corrected chi connectivity index (χ1v) is 6.27. The highest BCUT2D eigenvalue weighted by Gasteiger charge is 2.12. The Labute approximate surface area is 95.9 Å². The van der Waals surface area contributed by atoms with Crippen molar-refractivity contribution in [3.8, 4) is 0 Å². The zero-order chi connectivity index (χ0) is 10.7. The molecule has 2 heterocycles. The number of hydrogen-bond donors (Lipinski definition) is 0. The molecule has 15 heavy (non-hydrogen) atoms. The second-order valence-corrected chi connectivity index (χ2v) is 4.98. The smallest absolute Gasteiger partial charge is 0.176 e. The van der Waals surface area contributed by atoms with E-state index in [1.165, 1.54) is 16.4 Å². The zero-order valence-corrected chi connectivity index (χ0v) is 9.90. The number of nitrogens with zero attached hydrogens (tertiary/aromatic N) is 2. The van der Waals surface area contributed by atoms with Crippen LogP contribution in [0.25, 0.3) is 0 Å². The number of Topliss-reactive ketones (excluding diaryl/α,β-unsaturated/α-hetero) is 1. The fourth-order valence-corrected chi connectivity index (χ4v) is 2.62. The van der Waals surface area contributed by atoms with Crippen LogP contribution in [0.1, 0.15) is 26.7 Å². The molecule has 0 spiro atoms. The summed E-state index contributed by atoms with van der Waals surface area (Å²) in [7, 11) is 0. The first-order valence-electron chi connectivity index (χ1n) is 4.62. The van der Waals surface area contributed by atoms with Crippen LogP contribution in [0.15, 0.2) is 17.5 Å². The van der Waals surface area contributed by atoms with Crippen LogP contribution < -0.4 is 0 Å². The van der Waals surface area contributed by atoms with Gasteiger partial charge in [-0.2, -0.15) is 0 Å². The molecule has 0 bridgehead atoms. The summed E-state index contributed by atoms with van der Waals surface area (Å²) in [6.45, 7) is 1.82. The fraction of sp³-hybridized carbons (Fsp3) is 0.300.